The van der Waals surface area contributed by atoms with Gasteiger partial charge in [0.05, 0.1) is 24.0 Å². The maximum absolute atomic E-state index is 13.6. The van der Waals surface area contributed by atoms with E-state index in [-0.39, 0.29) is 17.8 Å². The van der Waals surface area contributed by atoms with Crippen LogP contribution in [-0.4, -0.2) is 26.8 Å². The zero-order valence-corrected chi connectivity index (χ0v) is 13.2. The van der Waals surface area contributed by atoms with Crippen molar-refractivity contribution < 1.29 is 27.1 Å². The summed E-state index contributed by atoms with van der Waals surface area (Å²) >= 11 is 0. The molecule has 0 aliphatic heterocycles. The Hall–Kier alpha value is -3.17. The molecule has 3 heterocycles. The first kappa shape index (κ1) is 17.6. The van der Waals surface area contributed by atoms with Gasteiger partial charge in [-0.1, -0.05) is 0 Å². The SMILES string of the molecule is CCOC(=O)c1cnn(-c2cccn3c(=O)c(F)ccc23)c1C(F)(F)F. The summed E-state index contributed by atoms with van der Waals surface area (Å²) in [4.78, 5) is 23.7. The fraction of sp³-hybridized carbons (Fsp3) is 0.188. The van der Waals surface area contributed by atoms with Crippen molar-refractivity contribution in [2.24, 2.45) is 0 Å². The predicted octanol–water partition coefficient (Wildman–Crippen LogP) is 2.82. The van der Waals surface area contributed by atoms with Crippen LogP contribution in [0, 0.1) is 5.82 Å². The minimum Gasteiger partial charge on any atom is -0.462 e. The highest BCUT2D eigenvalue weighted by Crippen LogP contribution is 2.34. The Bertz CT molecular complexity index is 1050. The highest BCUT2D eigenvalue weighted by molar-refractivity contribution is 5.91. The van der Waals surface area contributed by atoms with Crippen LogP contribution in [0.1, 0.15) is 23.0 Å². The molecule has 0 N–H and O–H groups in total. The Labute approximate surface area is 143 Å². The number of carbonyl (C=O) groups excluding carboxylic acids is 1. The summed E-state index contributed by atoms with van der Waals surface area (Å²) in [5.74, 6) is -2.22. The van der Waals surface area contributed by atoms with Crippen molar-refractivity contribution >= 4 is 11.5 Å². The van der Waals surface area contributed by atoms with Crippen molar-refractivity contribution in [2.75, 3.05) is 6.61 Å². The Morgan fingerprint density at radius 2 is 2.00 bits per heavy atom. The van der Waals surface area contributed by atoms with Gasteiger partial charge in [-0.2, -0.15) is 18.3 Å². The van der Waals surface area contributed by atoms with E-state index in [1.165, 1.54) is 25.3 Å². The Balaban J connectivity index is 2.32. The average Bonchev–Trinajstić information content (AvgIpc) is 3.03. The molecule has 3 aromatic rings. The number of halogens is 4. The van der Waals surface area contributed by atoms with Gasteiger partial charge in [0.2, 0.25) is 0 Å². The van der Waals surface area contributed by atoms with Gasteiger partial charge in [0.25, 0.3) is 5.56 Å². The molecule has 0 bridgehead atoms. The Morgan fingerprint density at radius 3 is 2.65 bits per heavy atom. The number of fused-ring (bicyclic) bond motifs is 1. The lowest BCUT2D eigenvalue weighted by atomic mass is 10.2. The summed E-state index contributed by atoms with van der Waals surface area (Å²) in [5, 5.41) is 3.65. The Kier molecular flexibility index (Phi) is 4.26. The van der Waals surface area contributed by atoms with E-state index < -0.39 is 34.8 Å². The van der Waals surface area contributed by atoms with Crippen LogP contribution in [0.3, 0.4) is 0 Å². The summed E-state index contributed by atoms with van der Waals surface area (Å²) in [5.41, 5.74) is -3.28. The van der Waals surface area contributed by atoms with Gasteiger partial charge in [0.1, 0.15) is 5.56 Å². The van der Waals surface area contributed by atoms with Gasteiger partial charge in [0.15, 0.2) is 11.5 Å². The van der Waals surface area contributed by atoms with Gasteiger partial charge >= 0.3 is 12.1 Å². The van der Waals surface area contributed by atoms with Gasteiger partial charge < -0.3 is 4.74 Å². The number of ether oxygens (including phenoxy) is 1. The summed E-state index contributed by atoms with van der Waals surface area (Å²) < 4.78 is 60.2. The van der Waals surface area contributed by atoms with Crippen molar-refractivity contribution in [3.8, 4) is 5.69 Å². The molecule has 136 valence electrons. The van der Waals surface area contributed by atoms with Crippen molar-refractivity contribution in [1.29, 1.82) is 0 Å². The van der Waals surface area contributed by atoms with Crippen molar-refractivity contribution in [2.45, 2.75) is 13.1 Å². The van der Waals surface area contributed by atoms with Crippen molar-refractivity contribution in [3.63, 3.8) is 0 Å². The number of hydrogen-bond donors (Lipinski definition) is 0. The fourth-order valence-corrected chi connectivity index (χ4v) is 2.53. The lowest BCUT2D eigenvalue weighted by Crippen LogP contribution is -2.21. The van der Waals surface area contributed by atoms with Crippen LogP contribution in [0.15, 0.2) is 41.5 Å². The van der Waals surface area contributed by atoms with Gasteiger partial charge in [-0.15, -0.1) is 0 Å². The number of alkyl halides is 3. The molecule has 3 rings (SSSR count). The Morgan fingerprint density at radius 1 is 1.27 bits per heavy atom. The van der Waals surface area contributed by atoms with Crippen LogP contribution < -0.4 is 5.56 Å². The minimum atomic E-state index is -4.92. The molecule has 0 radical (unpaired) electrons. The molecular weight excluding hydrogens is 358 g/mol. The third-order valence-corrected chi connectivity index (χ3v) is 3.58. The minimum absolute atomic E-state index is 0.0112. The van der Waals surface area contributed by atoms with Crippen molar-refractivity contribution in [1.82, 2.24) is 14.2 Å². The molecule has 26 heavy (non-hydrogen) atoms. The molecule has 0 spiro atoms. The first-order valence-corrected chi connectivity index (χ1v) is 7.38. The van der Waals surface area contributed by atoms with Crippen LogP contribution in [0.25, 0.3) is 11.2 Å². The highest BCUT2D eigenvalue weighted by atomic mass is 19.4. The van der Waals surface area contributed by atoms with Crippen LogP contribution in [0.5, 0.6) is 0 Å². The van der Waals surface area contributed by atoms with Crippen LogP contribution in [-0.2, 0) is 10.9 Å². The molecule has 0 aliphatic rings. The molecule has 0 unspecified atom stereocenters. The number of pyridine rings is 2. The zero-order chi connectivity index (χ0) is 19.1. The molecule has 0 aromatic carbocycles. The van der Waals surface area contributed by atoms with E-state index in [0.717, 1.165) is 22.7 Å². The zero-order valence-electron chi connectivity index (χ0n) is 13.2. The van der Waals surface area contributed by atoms with E-state index in [2.05, 4.69) is 9.84 Å². The van der Waals surface area contributed by atoms with Crippen LogP contribution >= 0.6 is 0 Å². The molecule has 0 saturated carbocycles. The third kappa shape index (κ3) is 2.83. The number of aromatic nitrogens is 3. The van der Waals surface area contributed by atoms with Crippen LogP contribution in [0.2, 0.25) is 0 Å². The summed E-state index contributed by atoms with van der Waals surface area (Å²) in [6, 6.07) is 4.54. The second-order valence-corrected chi connectivity index (χ2v) is 5.17. The number of nitrogens with zero attached hydrogens (tertiary/aromatic N) is 3. The normalized spacial score (nSPS) is 11.7. The molecule has 0 amide bonds. The van der Waals surface area contributed by atoms with E-state index in [0.29, 0.717) is 4.68 Å². The largest absolute Gasteiger partial charge is 0.462 e. The van der Waals surface area contributed by atoms with Gasteiger partial charge in [-0.05, 0) is 31.2 Å². The molecular formula is C16H11F4N3O3. The first-order chi connectivity index (χ1) is 12.3. The molecule has 0 fully saturated rings. The maximum Gasteiger partial charge on any atom is 0.434 e. The van der Waals surface area contributed by atoms with Gasteiger partial charge in [-0.3, -0.25) is 9.20 Å². The lowest BCUT2D eigenvalue weighted by molar-refractivity contribution is -0.143. The van der Waals surface area contributed by atoms with E-state index in [1.54, 1.807) is 0 Å². The molecule has 0 saturated heterocycles. The molecule has 3 aromatic heterocycles. The number of hydrogen-bond acceptors (Lipinski definition) is 4. The third-order valence-electron chi connectivity index (χ3n) is 3.58. The maximum atomic E-state index is 13.6. The topological polar surface area (TPSA) is 65.6 Å². The van der Waals surface area contributed by atoms with Crippen molar-refractivity contribution in [3.05, 3.63) is 64.1 Å². The van der Waals surface area contributed by atoms with E-state index in [1.807, 2.05) is 0 Å². The quantitative estimate of drug-likeness (QED) is 0.526. The second-order valence-electron chi connectivity index (χ2n) is 5.17. The van der Waals surface area contributed by atoms with E-state index >= 15 is 0 Å². The lowest BCUT2D eigenvalue weighted by Gasteiger charge is -2.14. The van der Waals surface area contributed by atoms with Gasteiger partial charge in [0, 0.05) is 6.20 Å². The number of carbonyl (C=O) groups is 1. The van der Waals surface area contributed by atoms with Crippen LogP contribution in [0.4, 0.5) is 17.6 Å². The number of rotatable bonds is 3. The molecule has 10 heteroatoms. The van der Waals surface area contributed by atoms with E-state index in [4.69, 9.17) is 0 Å². The summed E-state index contributed by atoms with van der Waals surface area (Å²) in [6.45, 7) is 1.35. The molecule has 6 nitrogen and oxygen atoms in total. The highest BCUT2D eigenvalue weighted by Gasteiger charge is 2.41. The fourth-order valence-electron chi connectivity index (χ4n) is 2.53. The van der Waals surface area contributed by atoms with E-state index in [9.17, 15) is 27.2 Å². The molecule has 0 aliphatic carbocycles. The monoisotopic (exact) mass is 369 g/mol. The average molecular weight is 369 g/mol. The van der Waals surface area contributed by atoms with Gasteiger partial charge in [-0.25, -0.2) is 13.9 Å². The smallest absolute Gasteiger partial charge is 0.434 e. The first-order valence-electron chi connectivity index (χ1n) is 7.38. The predicted molar refractivity (Wildman–Crippen MR) is 81.7 cm³/mol. The molecule has 0 atom stereocenters. The standard InChI is InChI=1S/C16H11F4N3O3/c1-2-26-15(25)9-8-21-23(13(9)16(18,19)20)12-4-3-7-22-11(12)6-5-10(17)14(22)24/h3-8H,2H2,1H3. The summed E-state index contributed by atoms with van der Waals surface area (Å²) in [7, 11) is 0. The summed E-state index contributed by atoms with van der Waals surface area (Å²) in [6.07, 6.45) is -2.97. The number of esters is 1. The second kappa shape index (κ2) is 6.28.